The summed E-state index contributed by atoms with van der Waals surface area (Å²) in [6.07, 6.45) is 0. The van der Waals surface area contributed by atoms with Crippen LogP contribution in [0.1, 0.15) is 5.56 Å². The van der Waals surface area contributed by atoms with Crippen molar-refractivity contribution in [1.29, 1.82) is 5.26 Å². The summed E-state index contributed by atoms with van der Waals surface area (Å²) in [7, 11) is 1.57. The van der Waals surface area contributed by atoms with Crippen LogP contribution in [-0.4, -0.2) is 54.9 Å². The molecule has 0 aliphatic carbocycles. The third-order valence-electron chi connectivity index (χ3n) is 4.26. The second-order valence-electron chi connectivity index (χ2n) is 6.59. The molecule has 0 spiro atoms. The first-order valence-electron chi connectivity index (χ1n) is 9.45. The molecule has 0 saturated heterocycles. The number of hydrogen-bond donors (Lipinski definition) is 2. The van der Waals surface area contributed by atoms with Gasteiger partial charge in [-0.2, -0.15) is 5.26 Å². The first-order valence-corrected chi connectivity index (χ1v) is 10.6. The van der Waals surface area contributed by atoms with Crippen molar-refractivity contribution >= 4 is 22.9 Å². The molecule has 1 heterocycles. The predicted octanol–water partition coefficient (Wildman–Crippen LogP) is 3.26. The molecule has 2 aromatic carbocycles. The summed E-state index contributed by atoms with van der Waals surface area (Å²) in [5, 5.41) is 27.8. The molecule has 3 rings (SSSR count). The van der Waals surface area contributed by atoms with Gasteiger partial charge in [-0.3, -0.25) is 0 Å². The van der Waals surface area contributed by atoms with Gasteiger partial charge in [0.1, 0.15) is 35.0 Å². The number of nitrogens with zero attached hydrogens (tertiary/aromatic N) is 3. The zero-order chi connectivity index (χ0) is 23.1. The molecule has 168 valence electrons. The van der Waals surface area contributed by atoms with E-state index in [4.69, 9.17) is 36.7 Å². The van der Waals surface area contributed by atoms with Crippen LogP contribution >= 0.6 is 22.9 Å². The Morgan fingerprint density at radius 2 is 1.97 bits per heavy atom. The Labute approximate surface area is 192 Å². The fourth-order valence-electron chi connectivity index (χ4n) is 2.61. The lowest BCUT2D eigenvalue weighted by Crippen LogP contribution is -2.31. The van der Waals surface area contributed by atoms with Gasteiger partial charge in [0.25, 0.3) is 0 Å². The Bertz CT molecular complexity index is 1120. The van der Waals surface area contributed by atoms with Gasteiger partial charge in [-0.25, -0.2) is 4.39 Å². The first-order chi connectivity index (χ1) is 15.5. The number of rotatable bonds is 10. The molecule has 3 N–H and O–H groups in total. The number of nitrogens with two attached hydrogens (primary N) is 1. The molecule has 0 radical (unpaired) electrons. The van der Waals surface area contributed by atoms with Crippen LogP contribution in [0.4, 0.5) is 4.39 Å². The molecule has 0 aliphatic rings. The quantitative estimate of drug-likeness (QED) is 0.425. The molecule has 3 aromatic rings. The summed E-state index contributed by atoms with van der Waals surface area (Å²) in [5.41, 5.74) is 6.94. The molecule has 0 unspecified atom stereocenters. The normalized spacial score (nSPS) is 11.8. The van der Waals surface area contributed by atoms with E-state index in [9.17, 15) is 9.65 Å². The Morgan fingerprint density at radius 1 is 1.19 bits per heavy atom. The summed E-state index contributed by atoms with van der Waals surface area (Å²) < 4.78 is 30.2. The Balaban J connectivity index is 1.82. The summed E-state index contributed by atoms with van der Waals surface area (Å²) >= 11 is 7.51. The lowest BCUT2D eigenvalue weighted by molar-refractivity contribution is 0.146. The second-order valence-corrected chi connectivity index (χ2v) is 7.98. The van der Waals surface area contributed by atoms with Gasteiger partial charge in [0.05, 0.1) is 29.8 Å². The summed E-state index contributed by atoms with van der Waals surface area (Å²) in [6.45, 7) is 0.387. The largest absolute Gasteiger partial charge is 0.490 e. The van der Waals surface area contributed by atoms with Crippen LogP contribution in [0.2, 0.25) is 5.02 Å². The number of benzene rings is 2. The van der Waals surface area contributed by atoms with Crippen LogP contribution in [0.3, 0.4) is 0 Å². The van der Waals surface area contributed by atoms with E-state index < -0.39 is 11.9 Å². The molecule has 0 amide bonds. The number of halogens is 2. The van der Waals surface area contributed by atoms with E-state index in [1.165, 1.54) is 23.5 Å². The van der Waals surface area contributed by atoms with Crippen LogP contribution in [0.5, 0.6) is 11.5 Å². The van der Waals surface area contributed by atoms with Crippen molar-refractivity contribution in [3.8, 4) is 38.7 Å². The van der Waals surface area contributed by atoms with Crippen LogP contribution in [-0.2, 0) is 4.74 Å². The highest BCUT2D eigenvalue weighted by molar-refractivity contribution is 7.18. The summed E-state index contributed by atoms with van der Waals surface area (Å²) in [5.74, 6) is -0.273. The minimum atomic E-state index is -0.643. The predicted molar refractivity (Wildman–Crippen MR) is 118 cm³/mol. The van der Waals surface area contributed by atoms with Gasteiger partial charge in [0.15, 0.2) is 11.6 Å². The fourth-order valence-corrected chi connectivity index (χ4v) is 3.78. The molecule has 1 aromatic heterocycles. The van der Waals surface area contributed by atoms with Crippen LogP contribution < -0.4 is 15.2 Å². The van der Waals surface area contributed by atoms with E-state index in [0.717, 1.165) is 0 Å². The summed E-state index contributed by atoms with van der Waals surface area (Å²) in [6, 6.07) is 9.10. The van der Waals surface area contributed by atoms with Crippen molar-refractivity contribution in [2.24, 2.45) is 5.73 Å². The first kappa shape index (κ1) is 23.8. The number of methoxy groups -OCH3 is 1. The number of aromatic nitrogens is 2. The van der Waals surface area contributed by atoms with Crippen LogP contribution in [0, 0.1) is 17.1 Å². The van der Waals surface area contributed by atoms with E-state index in [0.29, 0.717) is 45.7 Å². The minimum absolute atomic E-state index is 0.0571. The smallest absolute Gasteiger partial charge is 0.165 e. The van der Waals surface area contributed by atoms with Crippen molar-refractivity contribution < 1.29 is 23.7 Å². The third kappa shape index (κ3) is 5.70. The van der Waals surface area contributed by atoms with Crippen molar-refractivity contribution in [1.82, 2.24) is 10.2 Å². The van der Waals surface area contributed by atoms with Crippen molar-refractivity contribution in [3.05, 3.63) is 46.7 Å². The Morgan fingerprint density at radius 3 is 2.69 bits per heavy atom. The highest BCUT2D eigenvalue weighted by Gasteiger charge is 2.17. The van der Waals surface area contributed by atoms with E-state index in [1.54, 1.807) is 25.3 Å². The van der Waals surface area contributed by atoms with E-state index in [2.05, 4.69) is 16.3 Å². The number of ether oxygens (including phenoxy) is 3. The molecular formula is C21H20ClFN4O4S. The maximum Gasteiger partial charge on any atom is 0.165 e. The molecule has 8 nitrogen and oxygen atoms in total. The molecule has 0 saturated carbocycles. The number of aliphatic hydroxyl groups excluding tert-OH is 1. The maximum atomic E-state index is 14.5. The minimum Gasteiger partial charge on any atom is -0.490 e. The van der Waals surface area contributed by atoms with Gasteiger partial charge >= 0.3 is 0 Å². The van der Waals surface area contributed by atoms with Gasteiger partial charge in [0.2, 0.25) is 0 Å². The van der Waals surface area contributed by atoms with Gasteiger partial charge in [-0.05, 0) is 24.3 Å². The Kier molecular flexibility index (Phi) is 8.33. The molecule has 0 fully saturated rings. The highest BCUT2D eigenvalue weighted by Crippen LogP contribution is 2.37. The van der Waals surface area contributed by atoms with Crippen LogP contribution in [0.25, 0.3) is 21.1 Å². The molecule has 32 heavy (non-hydrogen) atoms. The molecular weight excluding hydrogens is 459 g/mol. The van der Waals surface area contributed by atoms with Crippen molar-refractivity contribution in [2.45, 2.75) is 6.04 Å². The Hall–Kier alpha value is -2.81. The zero-order valence-electron chi connectivity index (χ0n) is 17.0. The number of hydrogen-bond acceptors (Lipinski definition) is 9. The topological polar surface area (TPSA) is 124 Å². The van der Waals surface area contributed by atoms with E-state index in [1.807, 2.05) is 0 Å². The number of nitriles is 1. The van der Waals surface area contributed by atoms with Gasteiger partial charge in [-0.1, -0.05) is 22.9 Å². The van der Waals surface area contributed by atoms with Gasteiger partial charge in [0, 0.05) is 24.3 Å². The van der Waals surface area contributed by atoms with E-state index >= 15 is 0 Å². The van der Waals surface area contributed by atoms with Crippen LogP contribution in [0.15, 0.2) is 30.3 Å². The molecule has 1 atom stereocenters. The average Bonchev–Trinajstić information content (AvgIpc) is 3.29. The van der Waals surface area contributed by atoms with Gasteiger partial charge < -0.3 is 25.1 Å². The lowest BCUT2D eigenvalue weighted by atomic mass is 10.1. The highest BCUT2D eigenvalue weighted by atomic mass is 35.5. The monoisotopic (exact) mass is 478 g/mol. The molecule has 0 aliphatic heterocycles. The SMILES string of the molecule is COCCOc1ccc(-c2nnc(-c3cc(F)c(OC[C@@H](N)CO)cc3Cl)s2)cc1C#N. The third-order valence-corrected chi connectivity index (χ3v) is 5.57. The lowest BCUT2D eigenvalue weighted by Gasteiger charge is -2.12. The summed E-state index contributed by atoms with van der Waals surface area (Å²) in [4.78, 5) is 0. The maximum absolute atomic E-state index is 14.5. The fraction of sp³-hybridized carbons (Fsp3) is 0.286. The van der Waals surface area contributed by atoms with Crippen molar-refractivity contribution in [3.63, 3.8) is 0 Å². The van der Waals surface area contributed by atoms with Gasteiger partial charge in [-0.15, -0.1) is 10.2 Å². The standard InChI is InChI=1S/C21H20ClFN4O4S/c1-29-4-5-30-18-3-2-12(6-13(18)9-24)20-26-27-21(32-20)15-7-17(23)19(8-16(15)22)31-11-14(25)10-28/h2-3,6-8,14,28H,4-5,10-11,25H2,1H3/t14-/m0/s1. The van der Waals surface area contributed by atoms with Crippen molar-refractivity contribution in [2.75, 3.05) is 33.5 Å². The average molecular weight is 479 g/mol. The van der Waals surface area contributed by atoms with E-state index in [-0.39, 0.29) is 24.0 Å². The second kappa shape index (κ2) is 11.2. The zero-order valence-corrected chi connectivity index (χ0v) is 18.6. The molecule has 0 bridgehead atoms. The number of aliphatic hydroxyl groups is 1. The molecule has 11 heteroatoms.